The molecule has 0 aliphatic carbocycles. The Bertz CT molecular complexity index is 599. The maximum absolute atomic E-state index is 12.2. The summed E-state index contributed by atoms with van der Waals surface area (Å²) in [5, 5.41) is 0. The fourth-order valence-electron chi connectivity index (χ4n) is 3.48. The highest BCUT2D eigenvalue weighted by molar-refractivity contribution is 6.21. The number of ether oxygens (including phenoxy) is 3. The Labute approximate surface area is 180 Å². The number of carbonyl (C=O) groups is 2. The molecule has 0 aromatic heterocycles. The second-order valence-electron chi connectivity index (χ2n) is 7.62. The van der Waals surface area contributed by atoms with Crippen molar-refractivity contribution in [1.29, 1.82) is 0 Å². The quantitative estimate of drug-likeness (QED) is 0.259. The van der Waals surface area contributed by atoms with Crippen LogP contribution in [0.4, 0.5) is 0 Å². The topological polar surface area (TPSA) is 65.1 Å². The van der Waals surface area contributed by atoms with Crippen molar-refractivity contribution in [3.63, 3.8) is 0 Å². The van der Waals surface area contributed by atoms with E-state index in [4.69, 9.17) is 14.2 Å². The number of fused-ring (bicyclic) bond motifs is 1. The molecule has 1 aromatic rings. The van der Waals surface area contributed by atoms with Crippen LogP contribution >= 0.6 is 0 Å². The first-order valence-corrected chi connectivity index (χ1v) is 11.4. The second-order valence-corrected chi connectivity index (χ2v) is 7.62. The van der Waals surface area contributed by atoms with Crippen LogP contribution in [-0.2, 0) is 14.2 Å². The minimum atomic E-state index is -0.246. The Morgan fingerprint density at radius 3 is 1.67 bits per heavy atom. The normalized spacial score (nSPS) is 13.3. The highest BCUT2D eigenvalue weighted by atomic mass is 16.5. The van der Waals surface area contributed by atoms with E-state index in [1.54, 1.807) is 24.3 Å². The van der Waals surface area contributed by atoms with Crippen molar-refractivity contribution in [2.45, 2.75) is 58.3 Å². The molecule has 0 atom stereocenters. The van der Waals surface area contributed by atoms with E-state index in [0.29, 0.717) is 44.2 Å². The number of benzene rings is 1. The van der Waals surface area contributed by atoms with E-state index >= 15 is 0 Å². The Hall–Kier alpha value is -1.76. The Kier molecular flexibility index (Phi) is 12.3. The molecule has 168 valence electrons. The van der Waals surface area contributed by atoms with Gasteiger partial charge in [0.25, 0.3) is 11.8 Å². The lowest BCUT2D eigenvalue weighted by molar-refractivity contribution is 0.0106. The molecule has 1 heterocycles. The molecule has 0 unspecified atom stereocenters. The van der Waals surface area contributed by atoms with Crippen molar-refractivity contribution in [3.8, 4) is 0 Å². The third kappa shape index (κ3) is 8.54. The predicted octanol–water partition coefficient (Wildman–Crippen LogP) is 4.47. The zero-order valence-electron chi connectivity index (χ0n) is 18.4. The van der Waals surface area contributed by atoms with Gasteiger partial charge in [-0.1, -0.05) is 64.0 Å². The summed E-state index contributed by atoms with van der Waals surface area (Å²) in [4.78, 5) is 25.7. The third-order valence-electron chi connectivity index (χ3n) is 5.22. The van der Waals surface area contributed by atoms with E-state index in [9.17, 15) is 9.59 Å². The molecule has 6 heteroatoms. The van der Waals surface area contributed by atoms with Gasteiger partial charge >= 0.3 is 0 Å². The molecule has 0 fully saturated rings. The Balaban J connectivity index is 1.35. The van der Waals surface area contributed by atoms with Crippen molar-refractivity contribution >= 4 is 11.8 Å². The fraction of sp³-hybridized carbons (Fsp3) is 0.667. The summed E-state index contributed by atoms with van der Waals surface area (Å²) in [6.07, 6.45) is 10.4. The van der Waals surface area contributed by atoms with Gasteiger partial charge in [-0.2, -0.15) is 0 Å². The van der Waals surface area contributed by atoms with E-state index in [1.807, 2.05) is 0 Å². The fourth-order valence-corrected chi connectivity index (χ4v) is 3.48. The van der Waals surface area contributed by atoms with Gasteiger partial charge in [0.15, 0.2) is 0 Å². The number of amides is 2. The standard InChI is InChI=1S/C24H37NO5/c1-2-3-4-5-6-7-8-11-15-28-17-19-30-20-18-29-16-14-25-23(26)21-12-9-10-13-22(21)24(25)27/h9-10,12-13H,2-8,11,14-20H2,1H3. The van der Waals surface area contributed by atoms with Gasteiger partial charge in [-0.05, 0) is 18.6 Å². The Morgan fingerprint density at radius 1 is 0.633 bits per heavy atom. The maximum atomic E-state index is 12.2. The summed E-state index contributed by atoms with van der Waals surface area (Å²) < 4.78 is 16.6. The van der Waals surface area contributed by atoms with Crippen LogP contribution in [0.1, 0.15) is 79.0 Å². The van der Waals surface area contributed by atoms with Crippen LogP contribution in [0.15, 0.2) is 24.3 Å². The average molecular weight is 420 g/mol. The Morgan fingerprint density at radius 2 is 1.10 bits per heavy atom. The number of rotatable bonds is 18. The van der Waals surface area contributed by atoms with Crippen molar-refractivity contribution in [1.82, 2.24) is 4.90 Å². The number of nitrogens with zero attached hydrogens (tertiary/aromatic N) is 1. The van der Waals surface area contributed by atoms with E-state index in [0.717, 1.165) is 13.0 Å². The summed E-state index contributed by atoms with van der Waals surface area (Å²) in [6.45, 7) is 5.68. The number of imide groups is 1. The van der Waals surface area contributed by atoms with Gasteiger partial charge in [0.2, 0.25) is 0 Å². The molecule has 0 bridgehead atoms. The first-order valence-electron chi connectivity index (χ1n) is 11.4. The van der Waals surface area contributed by atoms with Gasteiger partial charge in [-0.3, -0.25) is 14.5 Å². The van der Waals surface area contributed by atoms with Crippen LogP contribution in [0.3, 0.4) is 0 Å². The van der Waals surface area contributed by atoms with Gasteiger partial charge in [0.1, 0.15) is 0 Å². The smallest absolute Gasteiger partial charge is 0.261 e. The molecule has 0 saturated heterocycles. The lowest BCUT2D eigenvalue weighted by Gasteiger charge is -2.13. The van der Waals surface area contributed by atoms with Crippen LogP contribution in [0.2, 0.25) is 0 Å². The predicted molar refractivity (Wildman–Crippen MR) is 117 cm³/mol. The monoisotopic (exact) mass is 419 g/mol. The number of unbranched alkanes of at least 4 members (excludes halogenated alkanes) is 7. The zero-order chi connectivity index (χ0) is 21.4. The van der Waals surface area contributed by atoms with E-state index in [-0.39, 0.29) is 18.4 Å². The minimum absolute atomic E-state index is 0.246. The summed E-state index contributed by atoms with van der Waals surface area (Å²) in [6, 6.07) is 6.89. The van der Waals surface area contributed by atoms with Crippen molar-refractivity contribution < 1.29 is 23.8 Å². The molecule has 1 aliphatic rings. The highest BCUT2D eigenvalue weighted by Gasteiger charge is 2.34. The van der Waals surface area contributed by atoms with Crippen molar-refractivity contribution in [2.24, 2.45) is 0 Å². The summed E-state index contributed by atoms with van der Waals surface area (Å²) in [5.41, 5.74) is 0.940. The van der Waals surface area contributed by atoms with Crippen LogP contribution < -0.4 is 0 Å². The van der Waals surface area contributed by atoms with E-state index < -0.39 is 0 Å². The molecule has 6 nitrogen and oxygen atoms in total. The first kappa shape index (κ1) is 24.5. The number of hydrogen-bond acceptors (Lipinski definition) is 5. The SMILES string of the molecule is CCCCCCCCCCOCCOCCOCCN1C(=O)c2ccccc2C1=O. The highest BCUT2D eigenvalue weighted by Crippen LogP contribution is 2.21. The largest absolute Gasteiger partial charge is 0.379 e. The van der Waals surface area contributed by atoms with Gasteiger partial charge in [0.05, 0.1) is 50.7 Å². The number of hydrogen-bond donors (Lipinski definition) is 0. The third-order valence-corrected chi connectivity index (χ3v) is 5.22. The van der Waals surface area contributed by atoms with Crippen LogP contribution in [0.5, 0.6) is 0 Å². The van der Waals surface area contributed by atoms with Crippen LogP contribution in [-0.4, -0.2) is 62.9 Å². The van der Waals surface area contributed by atoms with Crippen molar-refractivity contribution in [2.75, 3.05) is 46.2 Å². The molecule has 0 spiro atoms. The molecule has 1 aliphatic heterocycles. The first-order chi connectivity index (χ1) is 14.8. The number of carbonyl (C=O) groups excluding carboxylic acids is 2. The minimum Gasteiger partial charge on any atom is -0.379 e. The van der Waals surface area contributed by atoms with Gasteiger partial charge < -0.3 is 14.2 Å². The molecule has 2 rings (SSSR count). The van der Waals surface area contributed by atoms with E-state index in [2.05, 4.69) is 6.92 Å². The van der Waals surface area contributed by atoms with Gasteiger partial charge in [-0.15, -0.1) is 0 Å². The average Bonchev–Trinajstić information content (AvgIpc) is 3.01. The summed E-state index contributed by atoms with van der Waals surface area (Å²) >= 11 is 0. The maximum Gasteiger partial charge on any atom is 0.261 e. The van der Waals surface area contributed by atoms with Gasteiger partial charge in [0, 0.05) is 6.61 Å². The molecule has 30 heavy (non-hydrogen) atoms. The molecular formula is C24H37NO5. The zero-order valence-corrected chi connectivity index (χ0v) is 18.4. The molecule has 0 radical (unpaired) electrons. The lowest BCUT2D eigenvalue weighted by Crippen LogP contribution is -2.33. The molecule has 2 amide bonds. The summed E-state index contributed by atoms with van der Waals surface area (Å²) in [5.74, 6) is -0.492. The van der Waals surface area contributed by atoms with Crippen LogP contribution in [0.25, 0.3) is 0 Å². The van der Waals surface area contributed by atoms with Crippen molar-refractivity contribution in [3.05, 3.63) is 35.4 Å². The molecule has 1 aromatic carbocycles. The second kappa shape index (κ2) is 15.1. The van der Waals surface area contributed by atoms with E-state index in [1.165, 1.54) is 49.8 Å². The van der Waals surface area contributed by atoms with Crippen LogP contribution in [0, 0.1) is 0 Å². The lowest BCUT2D eigenvalue weighted by atomic mass is 10.1. The molecule has 0 saturated carbocycles. The molecule has 0 N–H and O–H groups in total. The summed E-state index contributed by atoms with van der Waals surface area (Å²) in [7, 11) is 0. The molecular weight excluding hydrogens is 382 g/mol. The van der Waals surface area contributed by atoms with Gasteiger partial charge in [-0.25, -0.2) is 0 Å².